The van der Waals surface area contributed by atoms with Gasteiger partial charge < -0.3 is 5.73 Å². The minimum Gasteiger partial charge on any atom is -0.383 e. The largest absolute Gasteiger partial charge is 0.383 e. The smallest absolute Gasteiger partial charge is 0.348 e. The fraction of sp³-hybridized carbons (Fsp3) is 0.143. The second-order valence-corrected chi connectivity index (χ2v) is 2.78. The predicted molar refractivity (Wildman–Crippen MR) is 49.8 cm³/mol. The Morgan fingerprint density at radius 1 is 1.50 bits per heavy atom. The summed E-state index contributed by atoms with van der Waals surface area (Å²) in [7, 11) is 1.50. The van der Waals surface area contributed by atoms with Crippen molar-refractivity contribution in [2.45, 2.75) is 0 Å². The normalized spacial score (nSPS) is 10.6. The number of rotatable bonds is 0. The highest BCUT2D eigenvalue weighted by Gasteiger charge is 2.06. The number of nitrogens with two attached hydrogens (primary N) is 1. The SMILES string of the molecule is Cn1c(=O)cnc2c(N)[nH]c(=O)nc21. The van der Waals surface area contributed by atoms with Crippen LogP contribution in [0.15, 0.2) is 15.8 Å². The molecule has 72 valence electrons. The lowest BCUT2D eigenvalue weighted by Gasteiger charge is -2.02. The van der Waals surface area contributed by atoms with Crippen LogP contribution in [0, 0.1) is 0 Å². The van der Waals surface area contributed by atoms with Gasteiger partial charge in [0.2, 0.25) is 0 Å². The van der Waals surface area contributed by atoms with E-state index in [1.807, 2.05) is 0 Å². The van der Waals surface area contributed by atoms with Gasteiger partial charge in [-0.2, -0.15) is 4.98 Å². The highest BCUT2D eigenvalue weighted by Crippen LogP contribution is 2.07. The maximum atomic E-state index is 11.2. The molecule has 0 saturated carbocycles. The summed E-state index contributed by atoms with van der Waals surface area (Å²) < 4.78 is 1.22. The maximum absolute atomic E-state index is 11.2. The van der Waals surface area contributed by atoms with E-state index in [-0.39, 0.29) is 17.0 Å². The second-order valence-electron chi connectivity index (χ2n) is 2.78. The molecule has 0 atom stereocenters. The Kier molecular flexibility index (Phi) is 1.60. The van der Waals surface area contributed by atoms with Gasteiger partial charge in [0, 0.05) is 7.05 Å². The number of aromatic amines is 1. The van der Waals surface area contributed by atoms with E-state index in [2.05, 4.69) is 15.0 Å². The molecule has 0 aliphatic heterocycles. The van der Waals surface area contributed by atoms with Crippen molar-refractivity contribution in [1.29, 1.82) is 0 Å². The van der Waals surface area contributed by atoms with Crippen molar-refractivity contribution in [3.8, 4) is 0 Å². The Labute approximate surface area is 77.2 Å². The van der Waals surface area contributed by atoms with Crippen LogP contribution in [0.4, 0.5) is 5.82 Å². The summed E-state index contributed by atoms with van der Waals surface area (Å²) in [4.78, 5) is 31.8. The van der Waals surface area contributed by atoms with Crippen LogP contribution in [0.2, 0.25) is 0 Å². The number of nitrogens with zero attached hydrogens (tertiary/aromatic N) is 3. The van der Waals surface area contributed by atoms with Crippen molar-refractivity contribution in [3.05, 3.63) is 27.0 Å². The molecule has 3 N–H and O–H groups in total. The van der Waals surface area contributed by atoms with E-state index >= 15 is 0 Å². The predicted octanol–water partition coefficient (Wildman–Crippen LogP) is -1.40. The molecule has 0 amide bonds. The number of anilines is 1. The maximum Gasteiger partial charge on any atom is 0.348 e. The van der Waals surface area contributed by atoms with E-state index < -0.39 is 5.69 Å². The summed E-state index contributed by atoms with van der Waals surface area (Å²) in [5.74, 6) is 0.107. The molecule has 0 radical (unpaired) electrons. The summed E-state index contributed by atoms with van der Waals surface area (Å²) in [5.41, 5.74) is 5.06. The Morgan fingerprint density at radius 3 is 2.93 bits per heavy atom. The van der Waals surface area contributed by atoms with Gasteiger partial charge in [-0.3, -0.25) is 14.3 Å². The molecule has 14 heavy (non-hydrogen) atoms. The molecule has 0 aromatic carbocycles. The number of H-pyrrole nitrogens is 1. The molecule has 0 fully saturated rings. The molecule has 2 aromatic rings. The topological polar surface area (TPSA) is 107 Å². The highest BCUT2D eigenvalue weighted by atomic mass is 16.1. The van der Waals surface area contributed by atoms with Crippen LogP contribution < -0.4 is 17.0 Å². The minimum atomic E-state index is -0.599. The van der Waals surface area contributed by atoms with Crippen molar-refractivity contribution < 1.29 is 0 Å². The number of hydrogen-bond donors (Lipinski definition) is 2. The first kappa shape index (κ1) is 8.42. The van der Waals surface area contributed by atoms with Gasteiger partial charge in [0.05, 0.1) is 6.20 Å². The van der Waals surface area contributed by atoms with Crippen LogP contribution >= 0.6 is 0 Å². The molecule has 0 saturated heterocycles. The minimum absolute atomic E-state index is 0.107. The van der Waals surface area contributed by atoms with Gasteiger partial charge in [-0.15, -0.1) is 0 Å². The van der Waals surface area contributed by atoms with Gasteiger partial charge in [0.1, 0.15) is 11.3 Å². The molecule has 0 unspecified atom stereocenters. The van der Waals surface area contributed by atoms with Crippen LogP contribution in [-0.2, 0) is 7.05 Å². The average Bonchev–Trinajstić information content (AvgIpc) is 2.12. The fourth-order valence-electron chi connectivity index (χ4n) is 1.14. The Morgan fingerprint density at radius 2 is 2.21 bits per heavy atom. The number of aryl methyl sites for hydroxylation is 1. The van der Waals surface area contributed by atoms with E-state index in [1.165, 1.54) is 11.6 Å². The van der Waals surface area contributed by atoms with Crippen LogP contribution in [0.3, 0.4) is 0 Å². The summed E-state index contributed by atoms with van der Waals surface area (Å²) in [5, 5.41) is 0. The molecule has 7 nitrogen and oxygen atoms in total. The third-order valence-corrected chi connectivity index (χ3v) is 1.87. The zero-order valence-electron chi connectivity index (χ0n) is 7.31. The Bertz CT molecular complexity index is 611. The van der Waals surface area contributed by atoms with Crippen molar-refractivity contribution in [2.24, 2.45) is 7.05 Å². The lowest BCUT2D eigenvalue weighted by atomic mass is 10.4. The van der Waals surface area contributed by atoms with Gasteiger partial charge in [0.25, 0.3) is 5.56 Å². The van der Waals surface area contributed by atoms with Gasteiger partial charge in [-0.25, -0.2) is 9.78 Å². The summed E-state index contributed by atoms with van der Waals surface area (Å²) in [6.07, 6.45) is 1.12. The molecule has 0 spiro atoms. The van der Waals surface area contributed by atoms with Gasteiger partial charge in [-0.1, -0.05) is 0 Å². The summed E-state index contributed by atoms with van der Waals surface area (Å²) in [6, 6.07) is 0. The molecular weight excluding hydrogens is 186 g/mol. The standard InChI is InChI=1S/C7H7N5O2/c1-12-3(13)2-9-4-5(8)10-7(14)11-6(4)12/h2H,1H3,(H3,8,10,11,14). The number of nitrogens with one attached hydrogen (secondary N) is 1. The van der Waals surface area contributed by atoms with Crippen molar-refractivity contribution in [1.82, 2.24) is 19.5 Å². The summed E-state index contributed by atoms with van der Waals surface area (Å²) >= 11 is 0. The van der Waals surface area contributed by atoms with Gasteiger partial charge in [-0.05, 0) is 0 Å². The van der Waals surface area contributed by atoms with Crippen LogP contribution in [0.5, 0.6) is 0 Å². The molecule has 0 aliphatic rings. The van der Waals surface area contributed by atoms with E-state index in [1.54, 1.807) is 0 Å². The zero-order chi connectivity index (χ0) is 10.3. The third-order valence-electron chi connectivity index (χ3n) is 1.87. The van der Waals surface area contributed by atoms with Crippen LogP contribution in [0.25, 0.3) is 11.2 Å². The van der Waals surface area contributed by atoms with Crippen molar-refractivity contribution >= 4 is 17.0 Å². The molecule has 0 aliphatic carbocycles. The molecule has 0 bridgehead atoms. The van der Waals surface area contributed by atoms with Crippen molar-refractivity contribution in [3.63, 3.8) is 0 Å². The average molecular weight is 193 g/mol. The first-order valence-corrected chi connectivity index (χ1v) is 3.81. The first-order valence-electron chi connectivity index (χ1n) is 3.81. The lowest BCUT2D eigenvalue weighted by Crippen LogP contribution is -2.22. The van der Waals surface area contributed by atoms with E-state index in [9.17, 15) is 9.59 Å². The van der Waals surface area contributed by atoms with E-state index in [0.717, 1.165) is 6.20 Å². The molecule has 2 aromatic heterocycles. The number of nitrogen functional groups attached to an aromatic ring is 1. The molecule has 2 heterocycles. The second kappa shape index (κ2) is 2.66. The summed E-state index contributed by atoms with van der Waals surface area (Å²) in [6.45, 7) is 0. The number of hydrogen-bond acceptors (Lipinski definition) is 5. The lowest BCUT2D eigenvalue weighted by molar-refractivity contribution is 0.863. The molecule has 7 heteroatoms. The number of fused-ring (bicyclic) bond motifs is 1. The quantitative estimate of drug-likeness (QED) is 0.535. The monoisotopic (exact) mass is 193 g/mol. The Balaban J connectivity index is 3.10. The third kappa shape index (κ3) is 1.06. The molecule has 2 rings (SSSR count). The zero-order valence-corrected chi connectivity index (χ0v) is 7.31. The van der Waals surface area contributed by atoms with Crippen molar-refractivity contribution in [2.75, 3.05) is 5.73 Å². The molecular formula is C7H7N5O2. The van der Waals surface area contributed by atoms with Crippen LogP contribution in [0.1, 0.15) is 0 Å². The van der Waals surface area contributed by atoms with Crippen LogP contribution in [-0.4, -0.2) is 19.5 Å². The highest BCUT2D eigenvalue weighted by molar-refractivity contribution is 5.80. The Hall–Kier alpha value is -2.18. The van der Waals surface area contributed by atoms with Gasteiger partial charge in [0.15, 0.2) is 5.65 Å². The fourth-order valence-corrected chi connectivity index (χ4v) is 1.14. The number of aromatic nitrogens is 4. The first-order chi connectivity index (χ1) is 6.59. The van der Waals surface area contributed by atoms with Gasteiger partial charge >= 0.3 is 5.69 Å². The van der Waals surface area contributed by atoms with E-state index in [0.29, 0.717) is 5.52 Å². The van der Waals surface area contributed by atoms with E-state index in [4.69, 9.17) is 5.73 Å².